The van der Waals surface area contributed by atoms with E-state index in [1.165, 1.54) is 20.3 Å². The summed E-state index contributed by atoms with van der Waals surface area (Å²) < 4.78 is 10.1. The van der Waals surface area contributed by atoms with Gasteiger partial charge in [-0.25, -0.2) is 4.79 Å². The third kappa shape index (κ3) is 7.15. The lowest BCUT2D eigenvalue weighted by atomic mass is 10.1. The fourth-order valence-electron chi connectivity index (χ4n) is 1.94. The molecule has 1 aromatic carbocycles. The summed E-state index contributed by atoms with van der Waals surface area (Å²) in [4.78, 5) is 25.2. The summed E-state index contributed by atoms with van der Waals surface area (Å²) in [6.45, 7) is 4.79. The molecule has 0 bridgehead atoms. The Balaban J connectivity index is 3.09. The van der Waals surface area contributed by atoms with Crippen LogP contribution in [-0.2, 0) is 25.6 Å². The van der Waals surface area contributed by atoms with Gasteiger partial charge in [-0.15, -0.1) is 0 Å². The number of hydrogen-bond donors (Lipinski definition) is 0. The molecule has 6 heteroatoms. The van der Waals surface area contributed by atoms with Gasteiger partial charge in [0.2, 0.25) is 0 Å². The molecule has 0 spiro atoms. The third-order valence-corrected chi connectivity index (χ3v) is 3.27. The molecule has 0 heterocycles. The molecular formula is C17H20BrNO4. The van der Waals surface area contributed by atoms with Gasteiger partial charge in [0.15, 0.2) is 0 Å². The maximum atomic E-state index is 11.7. The van der Waals surface area contributed by atoms with Gasteiger partial charge < -0.3 is 14.4 Å². The van der Waals surface area contributed by atoms with E-state index in [1.54, 1.807) is 0 Å². The highest BCUT2D eigenvalue weighted by molar-refractivity contribution is 9.11. The van der Waals surface area contributed by atoms with Crippen molar-refractivity contribution in [3.8, 4) is 0 Å². The zero-order valence-electron chi connectivity index (χ0n) is 13.3. The number of esters is 2. The summed E-state index contributed by atoms with van der Waals surface area (Å²) in [6.07, 6.45) is 1.27. The second kappa shape index (κ2) is 9.84. The molecular weight excluding hydrogens is 362 g/mol. The van der Waals surface area contributed by atoms with Crippen molar-refractivity contribution in [3.05, 3.63) is 58.7 Å². The number of nitrogens with zero attached hydrogens (tertiary/aromatic N) is 1. The van der Waals surface area contributed by atoms with Crippen molar-refractivity contribution in [1.82, 2.24) is 4.90 Å². The smallest absolute Gasteiger partial charge is 0.332 e. The second-order valence-corrected chi connectivity index (χ2v) is 5.89. The van der Waals surface area contributed by atoms with Crippen molar-refractivity contribution in [1.29, 1.82) is 0 Å². The predicted molar refractivity (Wildman–Crippen MR) is 91.7 cm³/mol. The second-order valence-electron chi connectivity index (χ2n) is 4.77. The average molecular weight is 382 g/mol. The summed E-state index contributed by atoms with van der Waals surface area (Å²) in [5.74, 6) is -0.958. The molecule has 0 atom stereocenters. The Labute approximate surface area is 144 Å². The normalized spacial score (nSPS) is 10.8. The molecule has 0 saturated carbocycles. The minimum atomic E-state index is -0.526. The fourth-order valence-corrected chi connectivity index (χ4v) is 2.24. The topological polar surface area (TPSA) is 55.8 Å². The Bertz CT molecular complexity index is 584. The zero-order chi connectivity index (χ0) is 17.2. The number of carbonyl (C=O) groups is 2. The molecule has 0 aliphatic heterocycles. The molecule has 0 fully saturated rings. The van der Waals surface area contributed by atoms with Crippen molar-refractivity contribution in [2.75, 3.05) is 20.8 Å². The summed E-state index contributed by atoms with van der Waals surface area (Å²) >= 11 is 3.33. The standard InChI is InChI=1S/C17H20BrNO4/c1-13(18)11-19(12-14-7-5-4-6-8-14)15(9-16(20)22-2)10-17(21)23-3/h4-9H,1,10-12H2,2-3H3/b15-9+. The lowest BCUT2D eigenvalue weighted by molar-refractivity contribution is -0.140. The first-order valence-electron chi connectivity index (χ1n) is 6.93. The molecule has 0 aliphatic rings. The summed E-state index contributed by atoms with van der Waals surface area (Å²) in [5.41, 5.74) is 1.55. The van der Waals surface area contributed by atoms with E-state index >= 15 is 0 Å². The summed E-state index contributed by atoms with van der Waals surface area (Å²) in [5, 5.41) is 0. The van der Waals surface area contributed by atoms with Crippen molar-refractivity contribution in [2.45, 2.75) is 13.0 Å². The molecule has 0 radical (unpaired) electrons. The summed E-state index contributed by atoms with van der Waals surface area (Å²) in [7, 11) is 2.60. The van der Waals surface area contributed by atoms with Crippen molar-refractivity contribution in [3.63, 3.8) is 0 Å². The van der Waals surface area contributed by atoms with Gasteiger partial charge in [-0.1, -0.05) is 52.8 Å². The van der Waals surface area contributed by atoms with Crippen LogP contribution in [0.15, 0.2) is 53.2 Å². The van der Waals surface area contributed by atoms with E-state index in [1.807, 2.05) is 35.2 Å². The van der Waals surface area contributed by atoms with E-state index in [0.717, 1.165) is 10.0 Å². The van der Waals surface area contributed by atoms with Gasteiger partial charge in [-0.2, -0.15) is 0 Å². The van der Waals surface area contributed by atoms with E-state index in [-0.39, 0.29) is 6.42 Å². The molecule has 0 aromatic heterocycles. The van der Waals surface area contributed by atoms with Crippen LogP contribution in [0.2, 0.25) is 0 Å². The highest BCUT2D eigenvalue weighted by Crippen LogP contribution is 2.18. The van der Waals surface area contributed by atoms with Crippen LogP contribution in [0.25, 0.3) is 0 Å². The Morgan fingerprint density at radius 1 is 1.22 bits per heavy atom. The Kier molecular flexibility index (Phi) is 8.11. The van der Waals surface area contributed by atoms with Crippen LogP contribution < -0.4 is 0 Å². The van der Waals surface area contributed by atoms with Crippen molar-refractivity contribution >= 4 is 27.9 Å². The van der Waals surface area contributed by atoms with Crippen LogP contribution in [0.1, 0.15) is 12.0 Å². The van der Waals surface area contributed by atoms with Gasteiger partial charge >= 0.3 is 11.9 Å². The molecule has 0 amide bonds. The molecule has 1 rings (SSSR count). The van der Waals surface area contributed by atoms with E-state index in [9.17, 15) is 9.59 Å². The van der Waals surface area contributed by atoms with Gasteiger partial charge in [0.05, 0.1) is 20.6 Å². The van der Waals surface area contributed by atoms with E-state index in [4.69, 9.17) is 4.74 Å². The van der Waals surface area contributed by atoms with E-state index < -0.39 is 11.9 Å². The quantitative estimate of drug-likeness (QED) is 0.511. The molecule has 0 unspecified atom stereocenters. The summed E-state index contributed by atoms with van der Waals surface area (Å²) in [6, 6.07) is 9.73. The monoisotopic (exact) mass is 381 g/mol. The Morgan fingerprint density at radius 2 is 1.87 bits per heavy atom. The van der Waals surface area contributed by atoms with Crippen molar-refractivity contribution < 1.29 is 19.1 Å². The number of carbonyl (C=O) groups excluding carboxylic acids is 2. The third-order valence-electron chi connectivity index (χ3n) is 3.02. The zero-order valence-corrected chi connectivity index (χ0v) is 14.8. The minimum absolute atomic E-state index is 0.0291. The largest absolute Gasteiger partial charge is 0.469 e. The number of rotatable bonds is 8. The molecule has 0 aliphatic carbocycles. The van der Waals surface area contributed by atoms with Gasteiger partial charge in [-0.3, -0.25) is 4.79 Å². The van der Waals surface area contributed by atoms with Crippen LogP contribution in [-0.4, -0.2) is 37.6 Å². The predicted octanol–water partition coefficient (Wildman–Crippen LogP) is 3.02. The number of benzene rings is 1. The lowest BCUT2D eigenvalue weighted by Crippen LogP contribution is -2.26. The van der Waals surface area contributed by atoms with Crippen LogP contribution >= 0.6 is 15.9 Å². The van der Waals surface area contributed by atoms with Gasteiger partial charge in [0.25, 0.3) is 0 Å². The Morgan fingerprint density at radius 3 is 2.39 bits per heavy atom. The van der Waals surface area contributed by atoms with Gasteiger partial charge in [-0.05, 0) is 5.56 Å². The minimum Gasteiger partial charge on any atom is -0.469 e. The van der Waals surface area contributed by atoms with Crippen LogP contribution in [0.4, 0.5) is 0 Å². The molecule has 0 saturated heterocycles. The maximum absolute atomic E-state index is 11.7. The highest BCUT2D eigenvalue weighted by Gasteiger charge is 2.17. The van der Waals surface area contributed by atoms with Crippen LogP contribution in [0.5, 0.6) is 0 Å². The first kappa shape index (κ1) is 19.0. The van der Waals surface area contributed by atoms with Crippen LogP contribution in [0.3, 0.4) is 0 Å². The highest BCUT2D eigenvalue weighted by atomic mass is 79.9. The van der Waals surface area contributed by atoms with E-state index in [2.05, 4.69) is 27.2 Å². The SMILES string of the molecule is C=C(Br)CN(Cc1ccccc1)/C(=C/C(=O)OC)CC(=O)OC. The number of hydrogen-bond acceptors (Lipinski definition) is 5. The average Bonchev–Trinajstić information content (AvgIpc) is 2.53. The number of ether oxygens (including phenoxy) is 2. The Hall–Kier alpha value is -2.08. The lowest BCUT2D eigenvalue weighted by Gasteiger charge is -2.27. The fraction of sp³-hybridized carbons (Fsp3) is 0.294. The maximum Gasteiger partial charge on any atom is 0.332 e. The molecule has 5 nitrogen and oxygen atoms in total. The molecule has 23 heavy (non-hydrogen) atoms. The number of halogens is 1. The first-order valence-corrected chi connectivity index (χ1v) is 7.73. The first-order chi connectivity index (χ1) is 11.0. The van der Waals surface area contributed by atoms with Crippen LogP contribution in [0, 0.1) is 0 Å². The number of methoxy groups -OCH3 is 2. The van der Waals surface area contributed by atoms with E-state index in [0.29, 0.717) is 18.8 Å². The van der Waals surface area contributed by atoms with Crippen molar-refractivity contribution in [2.24, 2.45) is 0 Å². The molecule has 1 aromatic rings. The molecule has 124 valence electrons. The van der Waals surface area contributed by atoms with Gasteiger partial charge in [0.1, 0.15) is 0 Å². The molecule has 0 N–H and O–H groups in total. The van der Waals surface area contributed by atoms with Gasteiger partial charge in [0, 0.05) is 29.3 Å².